The van der Waals surface area contributed by atoms with Crippen molar-refractivity contribution < 1.29 is 22.7 Å². The zero-order valence-corrected chi connectivity index (χ0v) is 13.2. The minimum atomic E-state index is -3.61. The second-order valence-corrected chi connectivity index (χ2v) is 7.17. The third-order valence-electron chi connectivity index (χ3n) is 3.53. The molecule has 0 aromatic heterocycles. The van der Waals surface area contributed by atoms with Crippen molar-refractivity contribution in [3.8, 4) is 5.75 Å². The maximum Gasteiger partial charge on any atom is 0.206 e. The molecule has 1 heterocycles. The van der Waals surface area contributed by atoms with Crippen LogP contribution in [0, 0.1) is 0 Å². The van der Waals surface area contributed by atoms with Gasteiger partial charge in [-0.15, -0.1) is 0 Å². The van der Waals surface area contributed by atoms with Crippen molar-refractivity contribution >= 4 is 16.1 Å². The Bertz CT molecular complexity index is 795. The van der Waals surface area contributed by atoms with Gasteiger partial charge in [0, 0.05) is 12.0 Å². The summed E-state index contributed by atoms with van der Waals surface area (Å²) in [7, 11) is -3.61. The Kier molecular flexibility index (Phi) is 4.45. The third kappa shape index (κ3) is 3.60. The molecule has 0 N–H and O–H groups in total. The summed E-state index contributed by atoms with van der Waals surface area (Å²) in [5, 5.41) is 0. The van der Waals surface area contributed by atoms with Gasteiger partial charge in [0.05, 0.1) is 16.4 Å². The number of aldehydes is 1. The summed E-state index contributed by atoms with van der Waals surface area (Å²) in [5.41, 5.74) is 0.553. The van der Waals surface area contributed by atoms with E-state index < -0.39 is 9.84 Å². The highest BCUT2D eigenvalue weighted by molar-refractivity contribution is 7.91. The van der Waals surface area contributed by atoms with Crippen molar-refractivity contribution in [3.63, 3.8) is 0 Å². The fraction of sp³-hybridized carbons (Fsp3) is 0.235. The van der Waals surface area contributed by atoms with Gasteiger partial charge in [0.2, 0.25) is 9.84 Å². The molecule has 0 bridgehead atoms. The molecule has 0 spiro atoms. The molecule has 23 heavy (non-hydrogen) atoms. The van der Waals surface area contributed by atoms with Crippen molar-refractivity contribution in [2.24, 2.45) is 0 Å². The van der Waals surface area contributed by atoms with Crippen molar-refractivity contribution in [2.75, 3.05) is 13.2 Å². The number of benzene rings is 2. The van der Waals surface area contributed by atoms with Crippen LogP contribution in [0.25, 0.3) is 0 Å². The standard InChI is InChI=1S/C17H16O5S/c18-9-8-13-10-16(6-7-17(13)22-12-14-11-21-14)23(19,20)15-4-2-1-3-5-15/h1-7,9-10,14H,8,11-12H2. The minimum absolute atomic E-state index is 0.0896. The normalized spacial score (nSPS) is 16.8. The number of carbonyl (C=O) groups excluding carboxylic acids is 1. The zero-order valence-electron chi connectivity index (χ0n) is 12.3. The lowest BCUT2D eigenvalue weighted by Crippen LogP contribution is -2.08. The van der Waals surface area contributed by atoms with E-state index in [2.05, 4.69) is 0 Å². The second-order valence-electron chi connectivity index (χ2n) is 5.22. The zero-order chi connectivity index (χ0) is 16.3. The fourth-order valence-corrected chi connectivity index (χ4v) is 3.53. The molecule has 2 aromatic carbocycles. The molecular weight excluding hydrogens is 316 g/mol. The molecule has 2 aromatic rings. The van der Waals surface area contributed by atoms with Crippen LogP contribution >= 0.6 is 0 Å². The van der Waals surface area contributed by atoms with Crippen LogP contribution in [0.5, 0.6) is 5.75 Å². The molecule has 0 aliphatic carbocycles. The molecule has 1 unspecified atom stereocenters. The average Bonchev–Trinajstić information content (AvgIpc) is 3.39. The minimum Gasteiger partial charge on any atom is -0.490 e. The largest absolute Gasteiger partial charge is 0.490 e. The smallest absolute Gasteiger partial charge is 0.206 e. The van der Waals surface area contributed by atoms with E-state index in [0.29, 0.717) is 24.5 Å². The van der Waals surface area contributed by atoms with E-state index in [1.807, 2.05) is 0 Å². The van der Waals surface area contributed by atoms with Gasteiger partial charge >= 0.3 is 0 Å². The summed E-state index contributed by atoms with van der Waals surface area (Å²) in [6.45, 7) is 1.07. The molecule has 1 saturated heterocycles. The van der Waals surface area contributed by atoms with E-state index in [9.17, 15) is 13.2 Å². The summed E-state index contributed by atoms with van der Waals surface area (Å²) in [6.07, 6.45) is 0.917. The topological polar surface area (TPSA) is 73.0 Å². The Balaban J connectivity index is 1.93. The molecule has 0 radical (unpaired) electrons. The average molecular weight is 332 g/mol. The Hall–Kier alpha value is -2.18. The molecule has 6 heteroatoms. The molecule has 0 amide bonds. The van der Waals surface area contributed by atoms with Crippen LogP contribution < -0.4 is 4.74 Å². The summed E-state index contributed by atoms with van der Waals surface area (Å²) in [4.78, 5) is 11.2. The number of hydrogen-bond acceptors (Lipinski definition) is 5. The highest BCUT2D eigenvalue weighted by Crippen LogP contribution is 2.27. The summed E-state index contributed by atoms with van der Waals surface area (Å²) in [5.74, 6) is 0.514. The van der Waals surface area contributed by atoms with Crippen LogP contribution in [0.15, 0.2) is 58.3 Å². The van der Waals surface area contributed by atoms with E-state index in [1.165, 1.54) is 12.1 Å². The first-order valence-electron chi connectivity index (χ1n) is 7.22. The molecule has 120 valence electrons. The molecule has 1 aliphatic rings. The fourth-order valence-electron chi connectivity index (χ4n) is 2.20. The molecular formula is C17H16O5S. The van der Waals surface area contributed by atoms with Gasteiger partial charge in [0.15, 0.2) is 0 Å². The van der Waals surface area contributed by atoms with E-state index in [-0.39, 0.29) is 22.3 Å². The summed E-state index contributed by atoms with van der Waals surface area (Å²) in [6, 6.07) is 12.8. The summed E-state index contributed by atoms with van der Waals surface area (Å²) >= 11 is 0. The maximum absolute atomic E-state index is 12.6. The van der Waals surface area contributed by atoms with Crippen molar-refractivity contribution in [3.05, 3.63) is 54.1 Å². The van der Waals surface area contributed by atoms with Gasteiger partial charge in [0.25, 0.3) is 0 Å². The van der Waals surface area contributed by atoms with E-state index in [1.54, 1.807) is 36.4 Å². The Labute approximate surface area is 134 Å². The highest BCUT2D eigenvalue weighted by atomic mass is 32.2. The maximum atomic E-state index is 12.6. The first-order valence-corrected chi connectivity index (χ1v) is 8.70. The van der Waals surface area contributed by atoms with Crippen molar-refractivity contribution in [1.29, 1.82) is 0 Å². The van der Waals surface area contributed by atoms with Crippen LogP contribution in [0.1, 0.15) is 5.56 Å². The van der Waals surface area contributed by atoms with E-state index in [4.69, 9.17) is 9.47 Å². The lowest BCUT2D eigenvalue weighted by molar-refractivity contribution is -0.107. The summed E-state index contributed by atoms with van der Waals surface area (Å²) < 4.78 is 35.9. The SMILES string of the molecule is O=CCc1cc(S(=O)(=O)c2ccccc2)ccc1OCC1CO1. The number of rotatable bonds is 7. The monoisotopic (exact) mass is 332 g/mol. The van der Waals surface area contributed by atoms with Crippen LogP contribution in [-0.2, 0) is 25.8 Å². The molecule has 0 saturated carbocycles. The Morgan fingerprint density at radius 3 is 2.52 bits per heavy atom. The van der Waals surface area contributed by atoms with Gasteiger partial charge in [-0.25, -0.2) is 8.42 Å². The van der Waals surface area contributed by atoms with Crippen LogP contribution in [0.3, 0.4) is 0 Å². The van der Waals surface area contributed by atoms with Crippen LogP contribution in [0.2, 0.25) is 0 Å². The highest BCUT2D eigenvalue weighted by Gasteiger charge is 2.24. The molecule has 5 nitrogen and oxygen atoms in total. The Morgan fingerprint density at radius 1 is 1.13 bits per heavy atom. The van der Waals surface area contributed by atoms with Crippen molar-refractivity contribution in [1.82, 2.24) is 0 Å². The Morgan fingerprint density at radius 2 is 1.87 bits per heavy atom. The molecule has 1 atom stereocenters. The third-order valence-corrected chi connectivity index (χ3v) is 5.29. The second kappa shape index (κ2) is 6.52. The number of hydrogen-bond donors (Lipinski definition) is 0. The number of sulfone groups is 1. The number of epoxide rings is 1. The molecule has 3 rings (SSSR count). The first kappa shape index (κ1) is 15.7. The van der Waals surface area contributed by atoms with Gasteiger partial charge < -0.3 is 14.3 Å². The van der Waals surface area contributed by atoms with Gasteiger partial charge in [-0.05, 0) is 30.3 Å². The van der Waals surface area contributed by atoms with Gasteiger partial charge in [-0.3, -0.25) is 0 Å². The predicted molar refractivity (Wildman–Crippen MR) is 83.3 cm³/mol. The number of carbonyl (C=O) groups is 1. The number of ether oxygens (including phenoxy) is 2. The van der Waals surface area contributed by atoms with Gasteiger partial charge in [0.1, 0.15) is 24.7 Å². The molecule has 1 fully saturated rings. The van der Waals surface area contributed by atoms with Crippen LogP contribution in [-0.4, -0.2) is 34.0 Å². The lowest BCUT2D eigenvalue weighted by atomic mass is 10.1. The predicted octanol–water partition coefficient (Wildman–Crippen LogP) is 2.04. The van der Waals surface area contributed by atoms with E-state index in [0.717, 1.165) is 6.29 Å². The van der Waals surface area contributed by atoms with Crippen LogP contribution in [0.4, 0.5) is 0 Å². The lowest BCUT2D eigenvalue weighted by Gasteiger charge is -2.11. The van der Waals surface area contributed by atoms with E-state index >= 15 is 0 Å². The van der Waals surface area contributed by atoms with Gasteiger partial charge in [-0.1, -0.05) is 18.2 Å². The quantitative estimate of drug-likeness (QED) is 0.573. The van der Waals surface area contributed by atoms with Gasteiger partial charge in [-0.2, -0.15) is 0 Å². The molecule has 1 aliphatic heterocycles. The first-order chi connectivity index (χ1) is 11.1. The van der Waals surface area contributed by atoms with Crippen molar-refractivity contribution in [2.45, 2.75) is 22.3 Å².